The molecule has 0 atom stereocenters. The van der Waals surface area contributed by atoms with Crippen molar-refractivity contribution in [1.82, 2.24) is 0 Å². The third kappa shape index (κ3) is 2.96. The Morgan fingerprint density at radius 1 is 1.17 bits per heavy atom. The van der Waals surface area contributed by atoms with Crippen LogP contribution < -0.4 is 5.84 Å². The lowest BCUT2D eigenvalue weighted by atomic mass is 10.2. The third-order valence-corrected chi connectivity index (χ3v) is 1.37. The molecule has 0 spiro atoms. The van der Waals surface area contributed by atoms with Gasteiger partial charge in [0.05, 0.1) is 12.8 Å². The normalized spacial score (nSPS) is 11.3. The summed E-state index contributed by atoms with van der Waals surface area (Å²) in [4.78, 5) is 4.08. The Balaban J connectivity index is 2.43. The summed E-state index contributed by atoms with van der Waals surface area (Å²) >= 11 is 0. The van der Waals surface area contributed by atoms with E-state index in [2.05, 4.69) is 10.1 Å². The molecule has 0 aromatic heterocycles. The Bertz CT molecular complexity index is 264. The molecule has 0 aliphatic carbocycles. The maximum atomic E-state index is 4.89. The van der Waals surface area contributed by atoms with E-state index in [1.54, 1.807) is 6.21 Å². The van der Waals surface area contributed by atoms with Gasteiger partial charge in [0.2, 0.25) is 0 Å². The van der Waals surface area contributed by atoms with E-state index in [-0.39, 0.29) is 0 Å². The number of aliphatic imine (C=N–C) groups is 1. The van der Waals surface area contributed by atoms with Crippen LogP contribution in [0.1, 0.15) is 5.56 Å². The molecule has 0 amide bonds. The Morgan fingerprint density at radius 2 is 1.92 bits per heavy atom. The number of hydrogen-bond donors (Lipinski definition) is 1. The van der Waals surface area contributed by atoms with Crippen LogP contribution in [0.5, 0.6) is 0 Å². The van der Waals surface area contributed by atoms with E-state index in [0.29, 0.717) is 6.54 Å². The highest BCUT2D eigenvalue weighted by molar-refractivity contribution is 6.15. The predicted octanol–water partition coefficient (Wildman–Crippen LogP) is 1.20. The average Bonchev–Trinajstić information content (AvgIpc) is 2.14. The van der Waals surface area contributed by atoms with Gasteiger partial charge in [0.25, 0.3) is 0 Å². The largest absolute Gasteiger partial charge is 0.323 e. The highest BCUT2D eigenvalue weighted by atomic mass is 15.1. The zero-order valence-corrected chi connectivity index (χ0v) is 6.72. The second-order valence-electron chi connectivity index (χ2n) is 2.27. The van der Waals surface area contributed by atoms with Crippen molar-refractivity contribution < 1.29 is 0 Å². The summed E-state index contributed by atoms with van der Waals surface area (Å²) in [5.74, 6) is 4.89. The molecule has 1 aromatic rings. The van der Waals surface area contributed by atoms with E-state index >= 15 is 0 Å². The van der Waals surface area contributed by atoms with Crippen LogP contribution in [0.3, 0.4) is 0 Å². The average molecular weight is 161 g/mol. The molecule has 0 bridgehead atoms. The standard InChI is InChI=1S/C9H11N3/c10-12-7-6-11-8-9-4-2-1-3-5-9/h1-7H,8,10H2. The van der Waals surface area contributed by atoms with Gasteiger partial charge < -0.3 is 5.84 Å². The van der Waals surface area contributed by atoms with E-state index in [9.17, 15) is 0 Å². The van der Waals surface area contributed by atoms with Crippen LogP contribution in [0.15, 0.2) is 40.4 Å². The number of benzene rings is 1. The zero-order valence-electron chi connectivity index (χ0n) is 6.72. The van der Waals surface area contributed by atoms with Gasteiger partial charge in [0.1, 0.15) is 0 Å². The summed E-state index contributed by atoms with van der Waals surface area (Å²) in [5.41, 5.74) is 1.18. The monoisotopic (exact) mass is 161 g/mol. The van der Waals surface area contributed by atoms with Crippen molar-refractivity contribution >= 4 is 12.4 Å². The first-order chi connectivity index (χ1) is 5.93. The minimum Gasteiger partial charge on any atom is -0.323 e. The van der Waals surface area contributed by atoms with E-state index in [1.807, 2.05) is 30.3 Å². The van der Waals surface area contributed by atoms with Crippen LogP contribution >= 0.6 is 0 Å². The third-order valence-electron chi connectivity index (χ3n) is 1.37. The predicted molar refractivity (Wildman–Crippen MR) is 51.3 cm³/mol. The molecule has 0 heterocycles. The molecular formula is C9H11N3. The van der Waals surface area contributed by atoms with Crippen LogP contribution in [0.25, 0.3) is 0 Å². The fourth-order valence-corrected chi connectivity index (χ4v) is 0.827. The second kappa shape index (κ2) is 5.07. The highest BCUT2D eigenvalue weighted by Gasteiger charge is 1.84. The number of hydrogen-bond acceptors (Lipinski definition) is 3. The maximum Gasteiger partial charge on any atom is 0.0644 e. The van der Waals surface area contributed by atoms with Crippen molar-refractivity contribution in [2.75, 3.05) is 0 Å². The maximum absolute atomic E-state index is 4.89. The highest BCUT2D eigenvalue weighted by Crippen LogP contribution is 1.98. The summed E-state index contributed by atoms with van der Waals surface area (Å²) in [7, 11) is 0. The summed E-state index contributed by atoms with van der Waals surface area (Å²) in [6, 6.07) is 10.0. The minimum atomic E-state index is 0.673. The quantitative estimate of drug-likeness (QED) is 0.404. The number of hydrazone groups is 1. The van der Waals surface area contributed by atoms with Crippen LogP contribution in [-0.2, 0) is 6.54 Å². The molecule has 0 fully saturated rings. The van der Waals surface area contributed by atoms with Gasteiger partial charge in [-0.2, -0.15) is 5.10 Å². The van der Waals surface area contributed by atoms with Crippen molar-refractivity contribution in [1.29, 1.82) is 0 Å². The number of nitrogens with zero attached hydrogens (tertiary/aromatic N) is 2. The fraction of sp³-hybridized carbons (Fsp3) is 0.111. The van der Waals surface area contributed by atoms with Gasteiger partial charge in [-0.15, -0.1) is 0 Å². The van der Waals surface area contributed by atoms with E-state index in [1.165, 1.54) is 11.8 Å². The molecule has 3 nitrogen and oxygen atoms in total. The summed E-state index contributed by atoms with van der Waals surface area (Å²) in [6.07, 6.45) is 3.05. The molecule has 62 valence electrons. The Labute approximate surface area is 71.6 Å². The van der Waals surface area contributed by atoms with Crippen molar-refractivity contribution in [2.45, 2.75) is 6.54 Å². The number of rotatable bonds is 3. The number of nitrogens with two attached hydrogens (primary N) is 1. The molecule has 1 aromatic carbocycles. The van der Waals surface area contributed by atoms with Gasteiger partial charge in [-0.3, -0.25) is 4.99 Å². The first kappa shape index (κ1) is 8.46. The lowest BCUT2D eigenvalue weighted by molar-refractivity contribution is 1.08. The zero-order chi connectivity index (χ0) is 8.65. The second-order valence-corrected chi connectivity index (χ2v) is 2.27. The van der Waals surface area contributed by atoms with Gasteiger partial charge in [0.15, 0.2) is 0 Å². The van der Waals surface area contributed by atoms with Crippen LogP contribution in [0, 0.1) is 0 Å². The van der Waals surface area contributed by atoms with Crippen molar-refractivity contribution in [3.63, 3.8) is 0 Å². The Hall–Kier alpha value is -1.64. The molecule has 0 radical (unpaired) electrons. The Morgan fingerprint density at radius 3 is 2.58 bits per heavy atom. The topological polar surface area (TPSA) is 50.7 Å². The molecule has 0 saturated heterocycles. The molecule has 1 rings (SSSR count). The van der Waals surface area contributed by atoms with Gasteiger partial charge in [-0.1, -0.05) is 30.3 Å². The van der Waals surface area contributed by atoms with E-state index in [0.717, 1.165) is 0 Å². The van der Waals surface area contributed by atoms with Crippen LogP contribution in [0.4, 0.5) is 0 Å². The van der Waals surface area contributed by atoms with Gasteiger partial charge in [0, 0.05) is 6.21 Å². The van der Waals surface area contributed by atoms with Crippen LogP contribution in [-0.4, -0.2) is 12.4 Å². The molecule has 0 saturated carbocycles. The Kier molecular flexibility index (Phi) is 3.57. The van der Waals surface area contributed by atoms with Crippen LogP contribution in [0.2, 0.25) is 0 Å². The summed E-state index contributed by atoms with van der Waals surface area (Å²) in [5, 5.41) is 3.29. The van der Waals surface area contributed by atoms with Gasteiger partial charge in [-0.05, 0) is 5.56 Å². The van der Waals surface area contributed by atoms with Gasteiger partial charge in [-0.25, -0.2) is 0 Å². The summed E-state index contributed by atoms with van der Waals surface area (Å²) < 4.78 is 0. The first-order valence-electron chi connectivity index (χ1n) is 3.69. The minimum absolute atomic E-state index is 0.673. The first-order valence-corrected chi connectivity index (χ1v) is 3.69. The van der Waals surface area contributed by atoms with Crippen molar-refractivity contribution in [3.05, 3.63) is 35.9 Å². The molecular weight excluding hydrogens is 150 g/mol. The van der Waals surface area contributed by atoms with E-state index < -0.39 is 0 Å². The van der Waals surface area contributed by atoms with E-state index in [4.69, 9.17) is 5.84 Å². The SMILES string of the molecule is NN=CC=NCc1ccccc1. The molecule has 0 unspecified atom stereocenters. The molecule has 3 heteroatoms. The molecule has 2 N–H and O–H groups in total. The smallest absolute Gasteiger partial charge is 0.0644 e. The molecule has 0 aliphatic heterocycles. The fourth-order valence-electron chi connectivity index (χ4n) is 0.827. The van der Waals surface area contributed by atoms with Crippen molar-refractivity contribution in [3.8, 4) is 0 Å². The summed E-state index contributed by atoms with van der Waals surface area (Å²) in [6.45, 7) is 0.673. The lowest BCUT2D eigenvalue weighted by Crippen LogP contribution is -1.85. The molecule has 0 aliphatic rings. The molecule has 12 heavy (non-hydrogen) atoms. The van der Waals surface area contributed by atoms with Gasteiger partial charge >= 0.3 is 0 Å². The van der Waals surface area contributed by atoms with Crippen molar-refractivity contribution in [2.24, 2.45) is 15.9 Å². The lowest BCUT2D eigenvalue weighted by Gasteiger charge is -1.92.